The van der Waals surface area contributed by atoms with Gasteiger partial charge >= 0.3 is 0 Å². The molecule has 0 aliphatic carbocycles. The number of sulfonamides is 1. The Morgan fingerprint density at radius 3 is 2.38 bits per heavy atom. The highest BCUT2D eigenvalue weighted by molar-refractivity contribution is 7.89. The van der Waals surface area contributed by atoms with Gasteiger partial charge in [0.2, 0.25) is 10.0 Å². The molecule has 3 rings (SSSR count). The lowest BCUT2D eigenvalue weighted by atomic mass is 9.82. The van der Waals surface area contributed by atoms with E-state index in [2.05, 4.69) is 4.90 Å². The summed E-state index contributed by atoms with van der Waals surface area (Å²) in [5.41, 5.74) is -0.813. The number of carbonyl (C=O) groups is 1. The Kier molecular flexibility index (Phi) is 10.0. The molecule has 32 heavy (non-hydrogen) atoms. The molecule has 2 aliphatic rings. The topological polar surface area (TPSA) is 66.9 Å². The zero-order valence-corrected chi connectivity index (χ0v) is 20.2. The minimum absolute atomic E-state index is 0. The summed E-state index contributed by atoms with van der Waals surface area (Å²) >= 11 is 0. The van der Waals surface area contributed by atoms with Gasteiger partial charge in [-0.15, -0.1) is 12.4 Å². The lowest BCUT2D eigenvalue weighted by Gasteiger charge is -2.47. The molecular formula is C22H33ClF2N2O4S. The van der Waals surface area contributed by atoms with Crippen LogP contribution in [0.4, 0.5) is 8.78 Å². The second-order valence-corrected chi connectivity index (χ2v) is 10.5. The molecule has 0 amide bonds. The van der Waals surface area contributed by atoms with E-state index in [1.165, 1.54) is 6.07 Å². The number of carbonyl (C=O) groups excluding carboxylic acids is 1. The normalized spacial score (nSPS) is 23.3. The molecule has 0 spiro atoms. The number of ether oxygens (including phenoxy) is 1. The third kappa shape index (κ3) is 6.26. The van der Waals surface area contributed by atoms with Crippen LogP contribution in [0.25, 0.3) is 0 Å². The first-order valence-corrected chi connectivity index (χ1v) is 12.7. The molecule has 2 fully saturated rings. The number of benzene rings is 1. The summed E-state index contributed by atoms with van der Waals surface area (Å²) in [4.78, 5) is 14.9. The Balaban J connectivity index is 0.00000363. The maximum atomic E-state index is 14.0. The third-order valence-electron chi connectivity index (χ3n) is 6.47. The highest BCUT2D eigenvalue weighted by Crippen LogP contribution is 2.35. The first-order chi connectivity index (χ1) is 14.8. The molecule has 10 heteroatoms. The van der Waals surface area contributed by atoms with Gasteiger partial charge in [-0.1, -0.05) is 13.0 Å². The molecule has 1 aromatic rings. The summed E-state index contributed by atoms with van der Waals surface area (Å²) in [7, 11) is -3.24. The summed E-state index contributed by atoms with van der Waals surface area (Å²) < 4.78 is 60.1. The van der Waals surface area contributed by atoms with Gasteiger partial charge in [0, 0.05) is 51.4 Å². The fourth-order valence-electron chi connectivity index (χ4n) is 4.78. The van der Waals surface area contributed by atoms with Crippen LogP contribution in [0.1, 0.15) is 55.8 Å². The molecule has 0 saturated carbocycles. The minimum Gasteiger partial charge on any atom is -0.381 e. The van der Waals surface area contributed by atoms with Crippen LogP contribution in [0.15, 0.2) is 18.2 Å². The van der Waals surface area contributed by atoms with E-state index in [4.69, 9.17) is 4.74 Å². The van der Waals surface area contributed by atoms with Crippen molar-refractivity contribution in [3.63, 3.8) is 0 Å². The number of piperazine rings is 1. The molecule has 182 valence electrons. The van der Waals surface area contributed by atoms with Crippen molar-refractivity contribution in [2.45, 2.75) is 51.0 Å². The zero-order chi connectivity index (χ0) is 22.5. The SMILES string of the molecule is CCCS(=O)(=O)N1CCN(C2(CCC(=O)c3c(F)cccc3F)CCCOCC2)CC1.Cl. The first kappa shape index (κ1) is 27.1. The highest BCUT2D eigenvalue weighted by atomic mass is 35.5. The standard InChI is InChI=1S/C22H32F2N2O4S.ClH/c1-2-17-31(28,29)26-13-11-25(12-14-26)22(8-4-15-30-16-10-22)9-7-20(27)21-18(23)5-3-6-19(21)24;/h3,5-6H,2,4,7-17H2,1H3;1H. The van der Waals surface area contributed by atoms with Gasteiger partial charge < -0.3 is 4.74 Å². The van der Waals surface area contributed by atoms with Gasteiger partial charge in [0.25, 0.3) is 0 Å². The van der Waals surface area contributed by atoms with Gasteiger partial charge in [-0.2, -0.15) is 4.31 Å². The van der Waals surface area contributed by atoms with E-state index in [0.717, 1.165) is 25.0 Å². The Hall–Kier alpha value is -1.13. The van der Waals surface area contributed by atoms with Crippen LogP contribution in [0, 0.1) is 11.6 Å². The van der Waals surface area contributed by atoms with Crippen LogP contribution in [0.2, 0.25) is 0 Å². The second kappa shape index (κ2) is 11.8. The average molecular weight is 495 g/mol. The maximum Gasteiger partial charge on any atom is 0.214 e. The molecule has 0 aromatic heterocycles. The van der Waals surface area contributed by atoms with Crippen LogP contribution < -0.4 is 0 Å². The number of nitrogens with zero attached hydrogens (tertiary/aromatic N) is 2. The molecule has 0 radical (unpaired) electrons. The predicted molar refractivity (Wildman–Crippen MR) is 122 cm³/mol. The zero-order valence-electron chi connectivity index (χ0n) is 18.5. The van der Waals surface area contributed by atoms with E-state index in [1.54, 1.807) is 4.31 Å². The Bertz CT molecular complexity index is 848. The van der Waals surface area contributed by atoms with Crippen LogP contribution in [-0.2, 0) is 14.8 Å². The van der Waals surface area contributed by atoms with Gasteiger partial charge in [-0.25, -0.2) is 17.2 Å². The van der Waals surface area contributed by atoms with Crippen molar-refractivity contribution >= 4 is 28.2 Å². The number of hydrogen-bond acceptors (Lipinski definition) is 5. The van der Waals surface area contributed by atoms with Gasteiger partial charge in [0.05, 0.1) is 11.3 Å². The molecule has 0 bridgehead atoms. The third-order valence-corrected chi connectivity index (χ3v) is 8.54. The molecule has 1 atom stereocenters. The van der Waals surface area contributed by atoms with Crippen LogP contribution >= 0.6 is 12.4 Å². The molecule has 1 aromatic carbocycles. The fraction of sp³-hybridized carbons (Fsp3) is 0.682. The molecule has 1 unspecified atom stereocenters. The second-order valence-electron chi connectivity index (χ2n) is 8.41. The van der Waals surface area contributed by atoms with Crippen LogP contribution in [0.3, 0.4) is 0 Å². The van der Waals surface area contributed by atoms with E-state index < -0.39 is 33.0 Å². The number of rotatable bonds is 8. The van der Waals surface area contributed by atoms with Crippen molar-refractivity contribution < 1.29 is 26.7 Å². The van der Waals surface area contributed by atoms with Crippen molar-refractivity contribution in [1.82, 2.24) is 9.21 Å². The fourth-order valence-corrected chi connectivity index (χ4v) is 6.27. The van der Waals surface area contributed by atoms with Crippen LogP contribution in [-0.4, -0.2) is 74.1 Å². The van der Waals surface area contributed by atoms with Crippen molar-refractivity contribution in [1.29, 1.82) is 0 Å². The lowest BCUT2D eigenvalue weighted by molar-refractivity contribution is 0.0268. The maximum absolute atomic E-state index is 14.0. The van der Waals surface area contributed by atoms with Crippen molar-refractivity contribution in [3.05, 3.63) is 35.4 Å². The lowest BCUT2D eigenvalue weighted by Crippen LogP contribution is -2.58. The minimum atomic E-state index is -3.24. The quantitative estimate of drug-likeness (QED) is 0.516. The molecular weight excluding hydrogens is 462 g/mol. The number of halogens is 3. The van der Waals surface area contributed by atoms with Crippen molar-refractivity contribution in [3.8, 4) is 0 Å². The van der Waals surface area contributed by atoms with Crippen molar-refractivity contribution in [2.75, 3.05) is 45.1 Å². The molecule has 6 nitrogen and oxygen atoms in total. The van der Waals surface area contributed by atoms with Gasteiger partial charge in [0.15, 0.2) is 5.78 Å². The predicted octanol–water partition coefficient (Wildman–Crippen LogP) is 3.65. The van der Waals surface area contributed by atoms with E-state index in [1.807, 2.05) is 6.92 Å². The summed E-state index contributed by atoms with van der Waals surface area (Å²) in [6.45, 7) is 5.03. The van der Waals surface area contributed by atoms with E-state index in [9.17, 15) is 22.0 Å². The number of ketones is 1. The number of Topliss-reactive ketones (excluding diaryl/α,β-unsaturated/α-hetero) is 1. The van der Waals surface area contributed by atoms with Gasteiger partial charge in [-0.05, 0) is 44.2 Å². The molecule has 2 saturated heterocycles. The van der Waals surface area contributed by atoms with Gasteiger partial charge in [0.1, 0.15) is 11.6 Å². The largest absolute Gasteiger partial charge is 0.381 e. The smallest absolute Gasteiger partial charge is 0.214 e. The van der Waals surface area contributed by atoms with Gasteiger partial charge in [-0.3, -0.25) is 9.69 Å². The number of hydrogen-bond donors (Lipinski definition) is 0. The summed E-state index contributed by atoms with van der Waals surface area (Å²) in [6, 6.07) is 3.45. The summed E-state index contributed by atoms with van der Waals surface area (Å²) in [6.07, 6.45) is 3.43. The van der Waals surface area contributed by atoms with E-state index in [0.29, 0.717) is 58.7 Å². The highest BCUT2D eigenvalue weighted by Gasteiger charge is 2.40. The average Bonchev–Trinajstić information content (AvgIpc) is 2.99. The monoisotopic (exact) mass is 494 g/mol. The van der Waals surface area contributed by atoms with Crippen molar-refractivity contribution in [2.24, 2.45) is 0 Å². The molecule has 0 N–H and O–H groups in total. The summed E-state index contributed by atoms with van der Waals surface area (Å²) in [5, 5.41) is 0. The Labute approximate surface area is 195 Å². The van der Waals surface area contributed by atoms with E-state index in [-0.39, 0.29) is 30.1 Å². The Morgan fingerprint density at radius 1 is 1.09 bits per heavy atom. The summed E-state index contributed by atoms with van der Waals surface area (Å²) in [5.74, 6) is -2.06. The van der Waals surface area contributed by atoms with Crippen LogP contribution in [0.5, 0.6) is 0 Å². The van der Waals surface area contributed by atoms with E-state index >= 15 is 0 Å². The molecule has 2 heterocycles. The first-order valence-electron chi connectivity index (χ1n) is 11.1. The Morgan fingerprint density at radius 2 is 1.75 bits per heavy atom. The molecule has 2 aliphatic heterocycles.